The number of hydrogen-bond acceptors (Lipinski definition) is 4. The highest BCUT2D eigenvalue weighted by molar-refractivity contribution is 6.34. The van der Waals surface area contributed by atoms with Crippen molar-refractivity contribution in [2.45, 2.75) is 0 Å². The van der Waals surface area contributed by atoms with E-state index in [9.17, 15) is 14.4 Å². The van der Waals surface area contributed by atoms with Crippen LogP contribution >= 0.6 is 0 Å². The number of benzene rings is 2. The van der Waals surface area contributed by atoms with E-state index in [2.05, 4.69) is 10.3 Å². The van der Waals surface area contributed by atoms with Crippen molar-refractivity contribution in [1.82, 2.24) is 4.98 Å². The predicted molar refractivity (Wildman–Crippen MR) is 96.2 cm³/mol. The number of amides is 3. The topological polar surface area (TPSA) is 79.4 Å². The number of imide groups is 1. The zero-order valence-corrected chi connectivity index (χ0v) is 13.5. The minimum Gasteiger partial charge on any atom is -0.322 e. The first kappa shape index (κ1) is 15.7. The van der Waals surface area contributed by atoms with Gasteiger partial charge in [-0.15, -0.1) is 0 Å². The van der Waals surface area contributed by atoms with E-state index in [4.69, 9.17) is 0 Å². The van der Waals surface area contributed by atoms with E-state index in [-0.39, 0.29) is 22.9 Å². The van der Waals surface area contributed by atoms with E-state index in [1.807, 2.05) is 18.2 Å². The molecule has 4 rings (SSSR count). The van der Waals surface area contributed by atoms with Gasteiger partial charge in [-0.1, -0.05) is 24.3 Å². The van der Waals surface area contributed by atoms with Gasteiger partial charge in [0, 0.05) is 17.4 Å². The molecular formula is C20H13N3O3. The third-order valence-corrected chi connectivity index (χ3v) is 4.06. The van der Waals surface area contributed by atoms with Gasteiger partial charge in [0.1, 0.15) is 5.82 Å². The van der Waals surface area contributed by atoms with Crippen LogP contribution in [0.1, 0.15) is 31.1 Å². The molecule has 1 aromatic heterocycles. The Hall–Kier alpha value is -3.80. The lowest BCUT2D eigenvalue weighted by Crippen LogP contribution is -2.30. The molecule has 0 bridgehead atoms. The summed E-state index contributed by atoms with van der Waals surface area (Å²) in [5.41, 5.74) is 1.41. The maximum atomic E-state index is 12.7. The molecule has 0 saturated carbocycles. The molecule has 26 heavy (non-hydrogen) atoms. The van der Waals surface area contributed by atoms with Gasteiger partial charge in [0.2, 0.25) is 0 Å². The van der Waals surface area contributed by atoms with Crippen LogP contribution < -0.4 is 10.2 Å². The molecule has 0 spiro atoms. The highest BCUT2D eigenvalue weighted by Gasteiger charge is 2.37. The summed E-state index contributed by atoms with van der Waals surface area (Å²) in [6.07, 6.45) is 1.51. The van der Waals surface area contributed by atoms with Crippen LogP contribution in [0.2, 0.25) is 0 Å². The van der Waals surface area contributed by atoms with Gasteiger partial charge in [0.15, 0.2) is 0 Å². The molecule has 1 aliphatic heterocycles. The van der Waals surface area contributed by atoms with Crippen LogP contribution in [0.4, 0.5) is 11.5 Å². The average Bonchev–Trinajstić information content (AvgIpc) is 2.93. The molecule has 126 valence electrons. The third-order valence-electron chi connectivity index (χ3n) is 4.06. The van der Waals surface area contributed by atoms with Gasteiger partial charge in [-0.25, -0.2) is 9.88 Å². The number of carbonyl (C=O) groups is 3. The number of fused-ring (bicyclic) bond motifs is 1. The van der Waals surface area contributed by atoms with Gasteiger partial charge in [-0.2, -0.15) is 0 Å². The molecule has 0 saturated heterocycles. The van der Waals surface area contributed by atoms with E-state index in [1.165, 1.54) is 24.4 Å². The van der Waals surface area contributed by atoms with Crippen molar-refractivity contribution in [3.63, 3.8) is 0 Å². The van der Waals surface area contributed by atoms with Crippen molar-refractivity contribution >= 4 is 29.2 Å². The van der Waals surface area contributed by atoms with Crippen molar-refractivity contribution in [2.24, 2.45) is 0 Å². The van der Waals surface area contributed by atoms with Crippen molar-refractivity contribution in [3.8, 4) is 0 Å². The average molecular weight is 343 g/mol. The Kier molecular flexibility index (Phi) is 3.78. The fourth-order valence-corrected chi connectivity index (χ4v) is 2.80. The number of anilines is 2. The predicted octanol–water partition coefficient (Wildman–Crippen LogP) is 3.13. The SMILES string of the molecule is O=C(Nc1ccccc1)c1ccc2c(c1)C(=O)N(c1ccccn1)C2=O. The second-order valence-electron chi connectivity index (χ2n) is 5.71. The van der Waals surface area contributed by atoms with Crippen molar-refractivity contribution < 1.29 is 14.4 Å². The summed E-state index contributed by atoms with van der Waals surface area (Å²) in [6.45, 7) is 0. The first-order valence-electron chi connectivity index (χ1n) is 7.95. The number of nitrogens with zero attached hydrogens (tertiary/aromatic N) is 2. The van der Waals surface area contributed by atoms with Crippen molar-refractivity contribution in [1.29, 1.82) is 0 Å². The second kappa shape index (κ2) is 6.25. The number of nitrogens with one attached hydrogen (secondary N) is 1. The molecule has 3 aromatic rings. The molecule has 2 aromatic carbocycles. The van der Waals surface area contributed by atoms with Gasteiger partial charge >= 0.3 is 0 Å². The molecule has 6 nitrogen and oxygen atoms in total. The van der Waals surface area contributed by atoms with Crippen LogP contribution in [-0.2, 0) is 0 Å². The highest BCUT2D eigenvalue weighted by atomic mass is 16.2. The fourth-order valence-electron chi connectivity index (χ4n) is 2.80. The number of aromatic nitrogens is 1. The molecule has 1 aliphatic rings. The van der Waals surface area contributed by atoms with E-state index >= 15 is 0 Å². The minimum absolute atomic E-state index is 0.196. The van der Waals surface area contributed by atoms with Crippen LogP contribution in [0, 0.1) is 0 Å². The number of rotatable bonds is 3. The summed E-state index contributed by atoms with van der Waals surface area (Å²) in [7, 11) is 0. The lowest BCUT2D eigenvalue weighted by Gasteiger charge is -2.11. The Morgan fingerprint density at radius 2 is 1.58 bits per heavy atom. The molecule has 3 amide bonds. The monoisotopic (exact) mass is 343 g/mol. The molecule has 1 N–H and O–H groups in total. The first-order valence-corrected chi connectivity index (χ1v) is 7.95. The summed E-state index contributed by atoms with van der Waals surface area (Å²) >= 11 is 0. The van der Waals surface area contributed by atoms with Crippen LogP contribution in [0.15, 0.2) is 72.9 Å². The zero-order chi connectivity index (χ0) is 18.1. The van der Waals surface area contributed by atoms with Crippen LogP contribution in [0.3, 0.4) is 0 Å². The number of pyridine rings is 1. The Morgan fingerprint density at radius 1 is 0.846 bits per heavy atom. The Bertz CT molecular complexity index is 1020. The van der Waals surface area contributed by atoms with Gasteiger partial charge in [0.05, 0.1) is 11.1 Å². The number of para-hydroxylation sites is 1. The quantitative estimate of drug-likeness (QED) is 0.741. The van der Waals surface area contributed by atoms with E-state index in [0.29, 0.717) is 11.3 Å². The maximum Gasteiger partial charge on any atom is 0.267 e. The summed E-state index contributed by atoms with van der Waals surface area (Å²) in [5, 5.41) is 2.76. The summed E-state index contributed by atoms with van der Waals surface area (Å²) < 4.78 is 0. The van der Waals surface area contributed by atoms with Gasteiger partial charge in [-0.05, 0) is 42.5 Å². The van der Waals surface area contributed by atoms with Crippen LogP contribution in [-0.4, -0.2) is 22.7 Å². The molecule has 6 heteroatoms. The maximum absolute atomic E-state index is 12.7. The third kappa shape index (κ3) is 2.63. The minimum atomic E-state index is -0.488. The van der Waals surface area contributed by atoms with Gasteiger partial charge in [0.25, 0.3) is 17.7 Å². The first-order chi connectivity index (χ1) is 12.6. The normalized spacial score (nSPS) is 12.8. The number of carbonyl (C=O) groups excluding carboxylic acids is 3. The van der Waals surface area contributed by atoms with Crippen LogP contribution in [0.5, 0.6) is 0 Å². The molecule has 2 heterocycles. The van der Waals surface area contributed by atoms with E-state index < -0.39 is 11.8 Å². The summed E-state index contributed by atoms with van der Waals surface area (Å²) in [4.78, 5) is 42.7. The Morgan fingerprint density at radius 3 is 2.31 bits per heavy atom. The molecular weight excluding hydrogens is 330 g/mol. The fraction of sp³-hybridized carbons (Fsp3) is 0. The van der Waals surface area contributed by atoms with Crippen LogP contribution in [0.25, 0.3) is 0 Å². The van der Waals surface area contributed by atoms with Gasteiger partial charge in [-0.3, -0.25) is 14.4 Å². The highest BCUT2D eigenvalue weighted by Crippen LogP contribution is 2.28. The summed E-state index contributed by atoms with van der Waals surface area (Å²) in [6, 6.07) is 18.5. The molecule has 0 unspecified atom stereocenters. The zero-order valence-electron chi connectivity index (χ0n) is 13.5. The second-order valence-corrected chi connectivity index (χ2v) is 5.71. The number of hydrogen-bond donors (Lipinski definition) is 1. The smallest absolute Gasteiger partial charge is 0.267 e. The van der Waals surface area contributed by atoms with Crippen molar-refractivity contribution in [3.05, 3.63) is 89.6 Å². The largest absolute Gasteiger partial charge is 0.322 e. The van der Waals surface area contributed by atoms with E-state index in [1.54, 1.807) is 30.3 Å². The molecule has 0 atom stereocenters. The molecule has 0 aliphatic carbocycles. The Balaban J connectivity index is 1.65. The molecule has 0 fully saturated rings. The van der Waals surface area contributed by atoms with Gasteiger partial charge < -0.3 is 5.32 Å². The summed E-state index contributed by atoms with van der Waals surface area (Å²) in [5.74, 6) is -1.03. The van der Waals surface area contributed by atoms with E-state index in [0.717, 1.165) is 4.90 Å². The lowest BCUT2D eigenvalue weighted by molar-refractivity contribution is 0.0924. The molecule has 0 radical (unpaired) electrons. The standard InChI is InChI=1S/C20H13N3O3/c24-18(22-14-6-2-1-3-7-14)13-9-10-15-16(12-13)20(26)23(19(15)25)17-8-4-5-11-21-17/h1-12H,(H,22,24). The Labute approximate surface area is 149 Å². The lowest BCUT2D eigenvalue weighted by atomic mass is 10.1. The van der Waals surface area contributed by atoms with Crippen molar-refractivity contribution in [2.75, 3.05) is 10.2 Å².